The Morgan fingerprint density at radius 2 is 1.92 bits per heavy atom. The molecule has 0 aliphatic carbocycles. The van der Waals surface area contributed by atoms with Gasteiger partial charge in [0.15, 0.2) is 0 Å². The molecule has 1 heterocycles. The molecule has 2 atom stereocenters. The molecule has 136 valence electrons. The Labute approximate surface area is 144 Å². The highest BCUT2D eigenvalue weighted by molar-refractivity contribution is 7.89. The molecule has 1 fully saturated rings. The third kappa shape index (κ3) is 3.83. The normalized spacial score (nSPS) is 19.8. The lowest BCUT2D eigenvalue weighted by molar-refractivity contribution is 0.0726. The average molecular weight is 356 g/mol. The molecule has 1 aliphatic rings. The highest BCUT2D eigenvalue weighted by Crippen LogP contribution is 2.29. The minimum atomic E-state index is -3.25. The molecule has 2 rings (SSSR count). The van der Waals surface area contributed by atoms with Crippen LogP contribution >= 0.6 is 0 Å². The molecule has 1 aromatic carbocycles. The van der Waals surface area contributed by atoms with E-state index in [0.29, 0.717) is 43.7 Å². The largest absolute Gasteiger partial charge is 0.397 e. The first-order valence-corrected chi connectivity index (χ1v) is 9.84. The zero-order valence-corrected chi connectivity index (χ0v) is 15.1. The van der Waals surface area contributed by atoms with Crippen molar-refractivity contribution in [2.75, 3.05) is 23.8 Å². The van der Waals surface area contributed by atoms with Gasteiger partial charge in [-0.15, -0.1) is 0 Å². The first-order chi connectivity index (χ1) is 11.3. The standard InChI is InChI=1S/C16H28N4O3S/c1-3-12(2)24(22,23)19-10-8-13(9-11-19)16(21)20(18)15-7-5-4-6-14(15)17/h4-7,12-13,16,21H,3,8-11,17-18H2,1-2H3. The molecule has 24 heavy (non-hydrogen) atoms. The second-order valence-corrected chi connectivity index (χ2v) is 8.73. The predicted octanol–water partition coefficient (Wildman–Crippen LogP) is 1.11. The Balaban J connectivity index is 2.00. The number of hydrogen-bond donors (Lipinski definition) is 3. The van der Waals surface area contributed by atoms with Crippen molar-refractivity contribution in [3.05, 3.63) is 24.3 Å². The van der Waals surface area contributed by atoms with Crippen LogP contribution in [0, 0.1) is 5.92 Å². The summed E-state index contributed by atoms with van der Waals surface area (Å²) in [5.74, 6) is 5.93. The van der Waals surface area contributed by atoms with Crippen LogP contribution in [0.2, 0.25) is 0 Å². The minimum Gasteiger partial charge on any atom is -0.397 e. The van der Waals surface area contributed by atoms with Crippen molar-refractivity contribution in [1.82, 2.24) is 4.31 Å². The molecule has 1 aromatic rings. The molecule has 1 saturated heterocycles. The first-order valence-electron chi connectivity index (χ1n) is 8.34. The SMILES string of the molecule is CCC(C)S(=O)(=O)N1CCC(C(O)N(N)c2ccccc2N)CC1. The van der Waals surface area contributed by atoms with Crippen molar-refractivity contribution in [3.63, 3.8) is 0 Å². The highest BCUT2D eigenvalue weighted by Gasteiger charge is 2.35. The van der Waals surface area contributed by atoms with Crippen LogP contribution in [-0.4, -0.2) is 42.4 Å². The molecule has 0 amide bonds. The summed E-state index contributed by atoms with van der Waals surface area (Å²) in [5.41, 5.74) is 6.96. The highest BCUT2D eigenvalue weighted by atomic mass is 32.2. The lowest BCUT2D eigenvalue weighted by Crippen LogP contribution is -2.50. The van der Waals surface area contributed by atoms with Gasteiger partial charge in [0.05, 0.1) is 16.6 Å². The molecule has 7 nitrogen and oxygen atoms in total. The number of piperidine rings is 1. The van der Waals surface area contributed by atoms with E-state index >= 15 is 0 Å². The van der Waals surface area contributed by atoms with E-state index in [-0.39, 0.29) is 11.2 Å². The Morgan fingerprint density at radius 3 is 2.46 bits per heavy atom. The number of nitrogens with zero attached hydrogens (tertiary/aromatic N) is 2. The Bertz CT molecular complexity index is 644. The van der Waals surface area contributed by atoms with E-state index in [4.69, 9.17) is 11.6 Å². The third-order valence-electron chi connectivity index (χ3n) is 4.86. The third-order valence-corrected chi connectivity index (χ3v) is 7.30. The molecule has 0 saturated carbocycles. The number of aliphatic hydroxyl groups is 1. The van der Waals surface area contributed by atoms with Gasteiger partial charge in [0, 0.05) is 19.0 Å². The fourth-order valence-corrected chi connectivity index (χ4v) is 4.64. The van der Waals surface area contributed by atoms with Crippen LogP contribution < -0.4 is 16.6 Å². The fraction of sp³-hybridized carbons (Fsp3) is 0.625. The van der Waals surface area contributed by atoms with E-state index in [1.807, 2.05) is 6.92 Å². The number of hydrogen-bond acceptors (Lipinski definition) is 6. The molecular weight excluding hydrogens is 328 g/mol. The minimum absolute atomic E-state index is 0.0991. The topological polar surface area (TPSA) is 113 Å². The van der Waals surface area contributed by atoms with Crippen molar-refractivity contribution in [2.45, 2.75) is 44.6 Å². The average Bonchev–Trinajstić information content (AvgIpc) is 2.60. The van der Waals surface area contributed by atoms with E-state index in [9.17, 15) is 13.5 Å². The van der Waals surface area contributed by atoms with Gasteiger partial charge in [-0.2, -0.15) is 0 Å². The summed E-state index contributed by atoms with van der Waals surface area (Å²) in [5, 5.41) is 11.4. The summed E-state index contributed by atoms with van der Waals surface area (Å²) in [6.45, 7) is 4.42. The summed E-state index contributed by atoms with van der Waals surface area (Å²) in [6.07, 6.45) is 0.826. The number of para-hydroxylation sites is 2. The smallest absolute Gasteiger partial charge is 0.216 e. The molecule has 1 aliphatic heterocycles. The number of sulfonamides is 1. The van der Waals surface area contributed by atoms with E-state index < -0.39 is 16.3 Å². The van der Waals surface area contributed by atoms with Gasteiger partial charge in [-0.1, -0.05) is 19.1 Å². The van der Waals surface area contributed by atoms with Crippen LogP contribution in [-0.2, 0) is 10.0 Å². The van der Waals surface area contributed by atoms with Crippen molar-refractivity contribution < 1.29 is 13.5 Å². The van der Waals surface area contributed by atoms with Gasteiger partial charge >= 0.3 is 0 Å². The zero-order valence-electron chi connectivity index (χ0n) is 14.3. The molecule has 0 bridgehead atoms. The van der Waals surface area contributed by atoms with Crippen LogP contribution in [0.3, 0.4) is 0 Å². The lowest BCUT2D eigenvalue weighted by Gasteiger charge is -2.38. The summed E-state index contributed by atoms with van der Waals surface area (Å²) in [4.78, 5) is 0. The lowest BCUT2D eigenvalue weighted by atomic mass is 9.95. The van der Waals surface area contributed by atoms with Crippen molar-refractivity contribution in [1.29, 1.82) is 0 Å². The summed E-state index contributed by atoms with van der Waals surface area (Å²) < 4.78 is 26.3. The first kappa shape index (κ1) is 19.0. The van der Waals surface area contributed by atoms with Gasteiger partial charge in [-0.25, -0.2) is 18.6 Å². The maximum atomic E-state index is 12.4. The maximum absolute atomic E-state index is 12.4. The molecule has 2 unspecified atom stereocenters. The number of nitrogens with two attached hydrogens (primary N) is 2. The van der Waals surface area contributed by atoms with Gasteiger partial charge < -0.3 is 10.8 Å². The number of rotatable bonds is 6. The Kier molecular flexibility index (Phi) is 6.08. The molecule has 0 aromatic heterocycles. The Morgan fingerprint density at radius 1 is 1.33 bits per heavy atom. The van der Waals surface area contributed by atoms with Crippen molar-refractivity contribution in [2.24, 2.45) is 11.8 Å². The number of hydrazine groups is 1. The van der Waals surface area contributed by atoms with Gasteiger partial charge in [0.1, 0.15) is 6.23 Å². The molecule has 0 radical (unpaired) electrons. The van der Waals surface area contributed by atoms with Gasteiger partial charge in [-0.3, -0.25) is 5.01 Å². The van der Waals surface area contributed by atoms with E-state index in [2.05, 4.69) is 0 Å². The number of anilines is 2. The second-order valence-electron chi connectivity index (χ2n) is 6.38. The van der Waals surface area contributed by atoms with Crippen LogP contribution in [0.5, 0.6) is 0 Å². The van der Waals surface area contributed by atoms with Crippen LogP contribution in [0.15, 0.2) is 24.3 Å². The summed E-state index contributed by atoms with van der Waals surface area (Å²) in [7, 11) is -3.25. The predicted molar refractivity (Wildman–Crippen MR) is 96.5 cm³/mol. The van der Waals surface area contributed by atoms with Gasteiger partial charge in [-0.05, 0) is 38.3 Å². The van der Waals surface area contributed by atoms with E-state index in [0.717, 1.165) is 0 Å². The van der Waals surface area contributed by atoms with Crippen molar-refractivity contribution >= 4 is 21.4 Å². The number of aliphatic hydroxyl groups excluding tert-OH is 1. The fourth-order valence-electron chi connectivity index (χ4n) is 2.99. The molecule has 8 heteroatoms. The monoisotopic (exact) mass is 356 g/mol. The molecular formula is C16H28N4O3S. The molecule has 5 N–H and O–H groups in total. The number of nitrogen functional groups attached to an aromatic ring is 1. The molecule has 0 spiro atoms. The van der Waals surface area contributed by atoms with Gasteiger partial charge in [0.25, 0.3) is 0 Å². The number of benzene rings is 1. The van der Waals surface area contributed by atoms with E-state index in [1.54, 1.807) is 31.2 Å². The van der Waals surface area contributed by atoms with E-state index in [1.165, 1.54) is 9.31 Å². The second kappa shape index (κ2) is 7.69. The van der Waals surface area contributed by atoms with Crippen LogP contribution in [0.4, 0.5) is 11.4 Å². The zero-order chi connectivity index (χ0) is 17.9. The maximum Gasteiger partial charge on any atom is 0.216 e. The summed E-state index contributed by atoms with van der Waals surface area (Å²) in [6, 6.07) is 7.08. The van der Waals surface area contributed by atoms with Crippen molar-refractivity contribution in [3.8, 4) is 0 Å². The van der Waals surface area contributed by atoms with Gasteiger partial charge in [0.2, 0.25) is 10.0 Å². The Hall–Kier alpha value is -1.35. The van der Waals surface area contributed by atoms with Crippen LogP contribution in [0.25, 0.3) is 0 Å². The quantitative estimate of drug-likeness (QED) is 0.305. The van der Waals surface area contributed by atoms with Crippen LogP contribution in [0.1, 0.15) is 33.1 Å². The summed E-state index contributed by atoms with van der Waals surface area (Å²) >= 11 is 0.